The van der Waals surface area contributed by atoms with E-state index in [0.717, 1.165) is 0 Å². The number of rotatable bonds is 1. The molecule has 42 valence electrons. The quantitative estimate of drug-likeness (QED) is 0.537. The lowest BCUT2D eigenvalue weighted by atomic mass is 10.5. The predicted octanol–water partition coefficient (Wildman–Crippen LogP) is 1.02. The largest absolute Gasteiger partial charge is 0.396 e. The van der Waals surface area contributed by atoms with Crippen LogP contribution in [0.25, 0.3) is 0 Å². The van der Waals surface area contributed by atoms with E-state index in [4.69, 9.17) is 0 Å². The zero-order valence-corrected chi connectivity index (χ0v) is 3.37. The van der Waals surface area contributed by atoms with Crippen molar-refractivity contribution in [2.75, 3.05) is 0 Å². The third-order valence-electron chi connectivity index (χ3n) is 0.378. The lowest BCUT2D eigenvalue weighted by Crippen LogP contribution is -2.05. The summed E-state index contributed by atoms with van der Waals surface area (Å²) in [4.78, 5) is 0. The molecular formula is C3H4F3N. The molecule has 0 saturated carbocycles. The van der Waals surface area contributed by atoms with Crippen molar-refractivity contribution in [2.24, 2.45) is 5.73 Å². The number of alkyl halides is 2. The molecule has 0 aliphatic carbocycles. The summed E-state index contributed by atoms with van der Waals surface area (Å²) in [5.74, 6) is 0. The van der Waals surface area contributed by atoms with E-state index in [0.29, 0.717) is 0 Å². The molecule has 0 unspecified atom stereocenters. The number of hydrogen-bond acceptors (Lipinski definition) is 1. The van der Waals surface area contributed by atoms with E-state index >= 15 is 0 Å². The Morgan fingerprint density at radius 3 is 2.00 bits per heavy atom. The Kier molecular flexibility index (Phi) is 2.26. The summed E-state index contributed by atoms with van der Waals surface area (Å²) in [6.45, 7) is 0. The molecule has 0 aromatic rings. The molecule has 0 aromatic carbocycles. The molecule has 0 aliphatic rings. The van der Waals surface area contributed by atoms with Crippen LogP contribution in [0.4, 0.5) is 13.2 Å². The maximum Gasteiger partial charge on any atom is 0.279 e. The van der Waals surface area contributed by atoms with Gasteiger partial charge in [0.1, 0.15) is 12.0 Å². The van der Waals surface area contributed by atoms with Crippen molar-refractivity contribution in [3.05, 3.63) is 12.0 Å². The highest BCUT2D eigenvalue weighted by Crippen LogP contribution is 1.99. The van der Waals surface area contributed by atoms with Crippen molar-refractivity contribution in [1.29, 1.82) is 0 Å². The van der Waals surface area contributed by atoms with Crippen LogP contribution in [0.3, 0.4) is 0 Å². The summed E-state index contributed by atoms with van der Waals surface area (Å²) in [5, 5.41) is 0. The second-order valence-electron chi connectivity index (χ2n) is 0.910. The zero-order valence-electron chi connectivity index (χ0n) is 3.37. The van der Waals surface area contributed by atoms with Crippen molar-refractivity contribution in [1.82, 2.24) is 0 Å². The van der Waals surface area contributed by atoms with Gasteiger partial charge in [-0.05, 0) is 0 Å². The monoisotopic (exact) mass is 111 g/mol. The average Bonchev–Trinajstić information content (AvgIpc) is 1.65. The number of allylic oxidation sites excluding steroid dienone is 1. The van der Waals surface area contributed by atoms with Gasteiger partial charge in [-0.1, -0.05) is 0 Å². The first-order valence-corrected chi connectivity index (χ1v) is 1.52. The van der Waals surface area contributed by atoms with Crippen molar-refractivity contribution in [3.63, 3.8) is 0 Å². The molecular weight excluding hydrogens is 107 g/mol. The van der Waals surface area contributed by atoms with E-state index in [-0.39, 0.29) is 6.33 Å². The second kappa shape index (κ2) is 2.49. The fraction of sp³-hybridized carbons (Fsp3) is 0.333. The van der Waals surface area contributed by atoms with Gasteiger partial charge in [-0.25, -0.2) is 13.2 Å². The van der Waals surface area contributed by atoms with E-state index in [1.807, 2.05) is 0 Å². The Hall–Kier alpha value is -0.670. The minimum absolute atomic E-state index is 0.315. The Labute approximate surface area is 38.6 Å². The van der Waals surface area contributed by atoms with Crippen LogP contribution in [0.2, 0.25) is 0 Å². The van der Waals surface area contributed by atoms with E-state index < -0.39 is 12.1 Å². The summed E-state index contributed by atoms with van der Waals surface area (Å²) in [6, 6.07) is 0. The van der Waals surface area contributed by atoms with Gasteiger partial charge in [0.15, 0.2) is 0 Å². The summed E-state index contributed by atoms with van der Waals surface area (Å²) < 4.78 is 32.9. The molecule has 0 rings (SSSR count). The third kappa shape index (κ3) is 2.08. The van der Waals surface area contributed by atoms with Gasteiger partial charge in [0, 0.05) is 0 Å². The van der Waals surface area contributed by atoms with Gasteiger partial charge in [-0.2, -0.15) is 0 Å². The summed E-state index contributed by atoms with van der Waals surface area (Å²) in [7, 11) is 0. The number of nitrogens with two attached hydrogens (primary N) is 1. The SMILES string of the molecule is NC(=CF)C(F)F. The standard InChI is InChI=1S/C3H4F3N/c4-1-2(7)3(5)6/h1,3H,7H2. The lowest BCUT2D eigenvalue weighted by Gasteiger charge is -1.90. The van der Waals surface area contributed by atoms with Crippen LogP contribution >= 0.6 is 0 Å². The highest BCUT2D eigenvalue weighted by Gasteiger charge is 2.03. The molecule has 1 nitrogen and oxygen atoms in total. The van der Waals surface area contributed by atoms with Gasteiger partial charge in [0.2, 0.25) is 0 Å². The fourth-order valence-corrected chi connectivity index (χ4v) is 0.0476. The first kappa shape index (κ1) is 6.33. The van der Waals surface area contributed by atoms with Crippen molar-refractivity contribution >= 4 is 0 Å². The number of hydrogen-bond donors (Lipinski definition) is 1. The third-order valence-corrected chi connectivity index (χ3v) is 0.378. The molecule has 0 spiro atoms. The first-order chi connectivity index (χ1) is 3.18. The fourth-order valence-electron chi connectivity index (χ4n) is 0.0476. The van der Waals surface area contributed by atoms with Crippen LogP contribution in [0.15, 0.2) is 12.0 Å². The van der Waals surface area contributed by atoms with E-state index in [1.54, 1.807) is 0 Å². The molecule has 0 amide bonds. The molecule has 4 heteroatoms. The molecule has 0 saturated heterocycles. The molecule has 0 atom stereocenters. The van der Waals surface area contributed by atoms with Crippen molar-refractivity contribution < 1.29 is 13.2 Å². The van der Waals surface area contributed by atoms with Crippen LogP contribution in [0.5, 0.6) is 0 Å². The minimum Gasteiger partial charge on any atom is -0.396 e. The molecule has 0 aliphatic heterocycles. The van der Waals surface area contributed by atoms with E-state index in [9.17, 15) is 13.2 Å². The van der Waals surface area contributed by atoms with Crippen molar-refractivity contribution in [2.45, 2.75) is 6.43 Å². The first-order valence-electron chi connectivity index (χ1n) is 1.52. The van der Waals surface area contributed by atoms with Crippen LogP contribution < -0.4 is 5.73 Å². The van der Waals surface area contributed by atoms with Gasteiger partial charge < -0.3 is 5.73 Å². The summed E-state index contributed by atoms with van der Waals surface area (Å²) in [6.07, 6.45) is -3.19. The van der Waals surface area contributed by atoms with Crippen LogP contribution in [-0.2, 0) is 0 Å². The molecule has 0 bridgehead atoms. The highest BCUT2D eigenvalue weighted by molar-refractivity contribution is 4.93. The van der Waals surface area contributed by atoms with E-state index in [1.165, 1.54) is 0 Å². The topological polar surface area (TPSA) is 26.0 Å². The Morgan fingerprint density at radius 2 is 2.00 bits per heavy atom. The molecule has 0 heterocycles. The second-order valence-corrected chi connectivity index (χ2v) is 0.910. The Morgan fingerprint density at radius 1 is 1.57 bits per heavy atom. The molecule has 2 N–H and O–H groups in total. The van der Waals surface area contributed by atoms with Crippen LogP contribution in [0, 0.1) is 0 Å². The van der Waals surface area contributed by atoms with Gasteiger partial charge in [-0.3, -0.25) is 0 Å². The van der Waals surface area contributed by atoms with Gasteiger partial charge in [0.05, 0.1) is 0 Å². The van der Waals surface area contributed by atoms with Crippen LogP contribution in [-0.4, -0.2) is 6.43 Å². The van der Waals surface area contributed by atoms with Gasteiger partial charge in [0.25, 0.3) is 6.43 Å². The Balaban J connectivity index is 3.56. The molecule has 7 heavy (non-hydrogen) atoms. The summed E-state index contributed by atoms with van der Waals surface area (Å²) >= 11 is 0. The average molecular weight is 111 g/mol. The molecule has 0 aromatic heterocycles. The normalized spacial score (nSPS) is 12.9. The summed E-state index contributed by atoms with van der Waals surface area (Å²) in [5.41, 5.74) is 3.32. The van der Waals surface area contributed by atoms with Gasteiger partial charge in [-0.15, -0.1) is 0 Å². The molecule has 0 fully saturated rings. The Bertz CT molecular complexity index is 78.2. The van der Waals surface area contributed by atoms with E-state index in [2.05, 4.69) is 5.73 Å². The van der Waals surface area contributed by atoms with Crippen LogP contribution in [0.1, 0.15) is 0 Å². The zero-order chi connectivity index (χ0) is 5.86. The van der Waals surface area contributed by atoms with Crippen molar-refractivity contribution in [3.8, 4) is 0 Å². The lowest BCUT2D eigenvalue weighted by molar-refractivity contribution is 0.185. The molecule has 0 radical (unpaired) electrons. The maximum absolute atomic E-state index is 11.0. The number of halogens is 3. The smallest absolute Gasteiger partial charge is 0.279 e. The minimum atomic E-state index is -2.87. The highest BCUT2D eigenvalue weighted by atomic mass is 19.3. The van der Waals surface area contributed by atoms with Gasteiger partial charge >= 0.3 is 0 Å². The predicted molar refractivity (Wildman–Crippen MR) is 19.4 cm³/mol. The maximum atomic E-state index is 11.0.